The highest BCUT2D eigenvalue weighted by molar-refractivity contribution is 7.85. The fourth-order valence-electron chi connectivity index (χ4n) is 1.62. The zero-order valence-corrected chi connectivity index (χ0v) is 9.57. The maximum atomic E-state index is 11.9. The van der Waals surface area contributed by atoms with Gasteiger partial charge in [-0.25, -0.2) is 0 Å². The zero-order chi connectivity index (χ0) is 9.80. The summed E-state index contributed by atoms with van der Waals surface area (Å²) >= 11 is 1.59. The van der Waals surface area contributed by atoms with E-state index in [2.05, 4.69) is 10.3 Å². The summed E-state index contributed by atoms with van der Waals surface area (Å²) in [5.41, 5.74) is 1.80. The van der Waals surface area contributed by atoms with Crippen LogP contribution in [-0.4, -0.2) is 27.5 Å². The van der Waals surface area contributed by atoms with Gasteiger partial charge in [0.15, 0.2) is 0 Å². The Kier molecular flexibility index (Phi) is 3.67. The van der Waals surface area contributed by atoms with Crippen molar-refractivity contribution >= 4 is 22.1 Å². The Labute approximate surface area is 90.4 Å². The van der Waals surface area contributed by atoms with Gasteiger partial charge in [0.2, 0.25) is 0 Å². The van der Waals surface area contributed by atoms with Crippen molar-refractivity contribution in [2.45, 2.75) is 23.8 Å². The van der Waals surface area contributed by atoms with Crippen molar-refractivity contribution in [2.24, 2.45) is 0 Å². The van der Waals surface area contributed by atoms with Crippen LogP contribution in [0.4, 0.5) is 0 Å². The van der Waals surface area contributed by atoms with Gasteiger partial charge < -0.3 is 5.32 Å². The van der Waals surface area contributed by atoms with Gasteiger partial charge in [-0.1, -0.05) is 0 Å². The maximum absolute atomic E-state index is 11.9. The Balaban J connectivity index is 1.88. The van der Waals surface area contributed by atoms with Gasteiger partial charge >= 0.3 is 0 Å². The molecule has 0 amide bonds. The summed E-state index contributed by atoms with van der Waals surface area (Å²) in [6, 6.07) is 0. The van der Waals surface area contributed by atoms with E-state index in [4.69, 9.17) is 0 Å². The summed E-state index contributed by atoms with van der Waals surface area (Å²) in [7, 11) is -0.728. The molecule has 2 rings (SSSR count). The molecule has 2 heterocycles. The molecule has 0 aromatic carbocycles. The van der Waals surface area contributed by atoms with Crippen LogP contribution >= 0.6 is 11.3 Å². The maximum Gasteiger partial charge on any atom is 0.0794 e. The Hall–Kier alpha value is -0.260. The van der Waals surface area contributed by atoms with E-state index in [1.54, 1.807) is 16.8 Å². The SMILES string of the molecule is O=[S@@](Cc1cncs1)[C@H]1CCCNC1. The van der Waals surface area contributed by atoms with Crippen LogP contribution in [0.25, 0.3) is 0 Å². The fraction of sp³-hybridized carbons (Fsp3) is 0.667. The van der Waals surface area contributed by atoms with E-state index >= 15 is 0 Å². The van der Waals surface area contributed by atoms with Gasteiger partial charge in [-0.2, -0.15) is 0 Å². The number of rotatable bonds is 3. The van der Waals surface area contributed by atoms with E-state index in [0.717, 1.165) is 30.8 Å². The van der Waals surface area contributed by atoms with Crippen molar-refractivity contribution in [2.75, 3.05) is 13.1 Å². The lowest BCUT2D eigenvalue weighted by Crippen LogP contribution is -2.36. The standard InChI is InChI=1S/C9H14N2OS2/c12-14(6-8-4-11-7-13-8)9-2-1-3-10-5-9/h4,7,9-10H,1-3,5-6H2/t9-,14-/m0/s1. The number of thiazole rings is 1. The molecule has 0 radical (unpaired) electrons. The van der Waals surface area contributed by atoms with Gasteiger partial charge in [0.25, 0.3) is 0 Å². The van der Waals surface area contributed by atoms with Gasteiger partial charge in [-0.05, 0) is 19.4 Å². The van der Waals surface area contributed by atoms with Crippen LogP contribution in [0.2, 0.25) is 0 Å². The number of hydrogen-bond donors (Lipinski definition) is 1. The first-order valence-electron chi connectivity index (χ1n) is 4.81. The highest BCUT2D eigenvalue weighted by Gasteiger charge is 2.19. The van der Waals surface area contributed by atoms with Crippen molar-refractivity contribution in [1.29, 1.82) is 0 Å². The van der Waals surface area contributed by atoms with Crippen LogP contribution in [-0.2, 0) is 16.6 Å². The molecule has 1 aromatic heterocycles. The lowest BCUT2D eigenvalue weighted by Gasteiger charge is -2.21. The average molecular weight is 230 g/mol. The van der Waals surface area contributed by atoms with E-state index in [1.165, 1.54) is 0 Å². The Morgan fingerprint density at radius 1 is 1.71 bits per heavy atom. The molecule has 1 aliphatic heterocycles. The van der Waals surface area contributed by atoms with Gasteiger partial charge in [0.1, 0.15) is 0 Å². The summed E-state index contributed by atoms with van der Waals surface area (Å²) in [6.45, 7) is 1.99. The van der Waals surface area contributed by atoms with Crippen LogP contribution < -0.4 is 5.32 Å². The molecule has 2 atom stereocenters. The first kappa shape index (κ1) is 10.3. The number of nitrogens with one attached hydrogen (secondary N) is 1. The predicted molar refractivity (Wildman–Crippen MR) is 59.9 cm³/mol. The third-order valence-electron chi connectivity index (χ3n) is 2.39. The molecule has 1 aliphatic rings. The van der Waals surface area contributed by atoms with E-state index in [-0.39, 0.29) is 0 Å². The molecule has 14 heavy (non-hydrogen) atoms. The fourth-order valence-corrected chi connectivity index (χ4v) is 3.94. The first-order valence-corrected chi connectivity index (χ1v) is 7.07. The molecule has 0 saturated carbocycles. The largest absolute Gasteiger partial charge is 0.316 e. The number of piperidine rings is 1. The lowest BCUT2D eigenvalue weighted by molar-refractivity contribution is 0.519. The van der Waals surface area contributed by atoms with Crippen molar-refractivity contribution in [3.8, 4) is 0 Å². The number of hydrogen-bond acceptors (Lipinski definition) is 4. The van der Waals surface area contributed by atoms with Gasteiger partial charge in [0.05, 0.1) is 11.3 Å². The Bertz CT molecular complexity index is 294. The minimum absolute atomic E-state index is 0.339. The number of nitrogens with zero attached hydrogens (tertiary/aromatic N) is 1. The smallest absolute Gasteiger partial charge is 0.0794 e. The summed E-state index contributed by atoms with van der Waals surface area (Å²) < 4.78 is 11.9. The topological polar surface area (TPSA) is 42.0 Å². The van der Waals surface area contributed by atoms with Crippen molar-refractivity contribution in [1.82, 2.24) is 10.3 Å². The molecule has 78 valence electrons. The quantitative estimate of drug-likeness (QED) is 0.847. The van der Waals surface area contributed by atoms with Crippen molar-refractivity contribution in [3.63, 3.8) is 0 Å². The summed E-state index contributed by atoms with van der Waals surface area (Å²) in [4.78, 5) is 5.12. The summed E-state index contributed by atoms with van der Waals surface area (Å²) in [6.07, 6.45) is 4.07. The molecular formula is C9H14N2OS2. The monoisotopic (exact) mass is 230 g/mol. The van der Waals surface area contributed by atoms with Gasteiger partial charge in [-0.15, -0.1) is 11.3 Å². The average Bonchev–Trinajstić information content (AvgIpc) is 2.72. The zero-order valence-electron chi connectivity index (χ0n) is 7.94. The highest BCUT2D eigenvalue weighted by Crippen LogP contribution is 2.15. The summed E-state index contributed by atoms with van der Waals surface area (Å²) in [5, 5.41) is 3.63. The van der Waals surface area contributed by atoms with Crippen LogP contribution in [0.3, 0.4) is 0 Å². The molecule has 1 aromatic rings. The van der Waals surface area contributed by atoms with Crippen LogP contribution in [0.5, 0.6) is 0 Å². The van der Waals surface area contributed by atoms with E-state index < -0.39 is 10.8 Å². The molecule has 0 bridgehead atoms. The van der Waals surface area contributed by atoms with E-state index in [1.807, 2.05) is 6.20 Å². The van der Waals surface area contributed by atoms with Gasteiger partial charge in [0, 0.05) is 33.7 Å². The highest BCUT2D eigenvalue weighted by atomic mass is 32.2. The second kappa shape index (κ2) is 5.00. The van der Waals surface area contributed by atoms with Crippen LogP contribution in [0.1, 0.15) is 17.7 Å². The third-order valence-corrected chi connectivity index (χ3v) is 5.10. The molecule has 1 N–H and O–H groups in total. The molecule has 0 aliphatic carbocycles. The second-order valence-corrected chi connectivity index (χ2v) is 6.15. The molecule has 3 nitrogen and oxygen atoms in total. The molecule has 1 fully saturated rings. The third kappa shape index (κ3) is 2.62. The summed E-state index contributed by atoms with van der Waals surface area (Å²) in [5.74, 6) is 0.678. The van der Waals surface area contributed by atoms with E-state index in [0.29, 0.717) is 11.0 Å². The minimum atomic E-state index is -0.728. The molecule has 0 spiro atoms. The molecule has 1 saturated heterocycles. The van der Waals surface area contributed by atoms with Crippen molar-refractivity contribution < 1.29 is 4.21 Å². The number of aromatic nitrogens is 1. The lowest BCUT2D eigenvalue weighted by atomic mass is 10.2. The predicted octanol–water partition coefficient (Wildman–Crippen LogP) is 1.14. The van der Waals surface area contributed by atoms with Crippen LogP contribution in [0, 0.1) is 0 Å². The molecule has 5 heteroatoms. The molecular weight excluding hydrogens is 216 g/mol. The first-order chi connectivity index (χ1) is 6.86. The Morgan fingerprint density at radius 2 is 2.64 bits per heavy atom. The molecule has 0 unspecified atom stereocenters. The van der Waals surface area contributed by atoms with E-state index in [9.17, 15) is 4.21 Å². The minimum Gasteiger partial charge on any atom is -0.316 e. The normalized spacial score (nSPS) is 24.7. The Morgan fingerprint density at radius 3 is 3.29 bits per heavy atom. The van der Waals surface area contributed by atoms with Crippen LogP contribution in [0.15, 0.2) is 11.7 Å². The van der Waals surface area contributed by atoms with Gasteiger partial charge in [-0.3, -0.25) is 9.19 Å². The van der Waals surface area contributed by atoms with Crippen molar-refractivity contribution in [3.05, 3.63) is 16.6 Å². The second-order valence-electron chi connectivity index (χ2n) is 3.46.